The number of aromatic nitrogens is 2. The zero-order valence-electron chi connectivity index (χ0n) is 11.7. The lowest BCUT2D eigenvalue weighted by Crippen LogP contribution is -2.18. The third-order valence-electron chi connectivity index (χ3n) is 3.04. The largest absolute Gasteiger partial charge is 0.378 e. The van der Waals surface area contributed by atoms with Gasteiger partial charge in [-0.2, -0.15) is 5.10 Å². The Balaban J connectivity index is 2.11. The van der Waals surface area contributed by atoms with E-state index in [0.717, 1.165) is 11.3 Å². The Hall–Kier alpha value is -1.86. The minimum Gasteiger partial charge on any atom is -0.378 e. The molecule has 0 radical (unpaired) electrons. The van der Waals surface area contributed by atoms with Crippen LogP contribution in [-0.4, -0.2) is 25.2 Å². The van der Waals surface area contributed by atoms with Gasteiger partial charge in [0.15, 0.2) is 0 Å². The summed E-state index contributed by atoms with van der Waals surface area (Å²) in [6.07, 6.45) is 3.75. The van der Waals surface area contributed by atoms with E-state index < -0.39 is 10.0 Å². The Kier molecular flexibility index (Phi) is 4.10. The summed E-state index contributed by atoms with van der Waals surface area (Å²) in [7, 11) is -0.120. The van der Waals surface area contributed by atoms with Crippen molar-refractivity contribution in [2.75, 3.05) is 12.4 Å². The van der Waals surface area contributed by atoms with Gasteiger partial charge in [-0.1, -0.05) is 0 Å². The molecule has 0 aliphatic carbocycles. The summed E-state index contributed by atoms with van der Waals surface area (Å²) in [5.41, 5.74) is 1.93. The fourth-order valence-electron chi connectivity index (χ4n) is 1.85. The van der Waals surface area contributed by atoms with Crippen LogP contribution in [0.5, 0.6) is 0 Å². The Morgan fingerprint density at radius 1 is 1.25 bits per heavy atom. The van der Waals surface area contributed by atoms with Crippen molar-refractivity contribution in [1.29, 1.82) is 0 Å². The number of anilines is 1. The van der Waals surface area contributed by atoms with Gasteiger partial charge in [-0.05, 0) is 38.2 Å². The Bertz CT molecular complexity index is 677. The molecule has 20 heavy (non-hydrogen) atoms. The van der Waals surface area contributed by atoms with Gasteiger partial charge in [0.2, 0.25) is 10.0 Å². The lowest BCUT2D eigenvalue weighted by molar-refractivity contribution is 0.588. The molecule has 1 aromatic heterocycles. The van der Waals surface area contributed by atoms with Gasteiger partial charge in [0.25, 0.3) is 0 Å². The van der Waals surface area contributed by atoms with Gasteiger partial charge >= 0.3 is 0 Å². The summed E-state index contributed by atoms with van der Waals surface area (Å²) in [4.78, 5) is 0.250. The monoisotopic (exact) mass is 294 g/mol. The highest BCUT2D eigenvalue weighted by Gasteiger charge is 2.11. The molecule has 1 aromatic carbocycles. The molecule has 0 spiro atoms. The number of hydrogen-bond donors (Lipinski definition) is 2. The molecule has 0 fully saturated rings. The number of aryl methyl sites for hydroxylation is 1. The summed E-state index contributed by atoms with van der Waals surface area (Å²) >= 11 is 0. The molecule has 108 valence electrons. The van der Waals surface area contributed by atoms with E-state index in [9.17, 15) is 8.42 Å². The van der Waals surface area contributed by atoms with Crippen molar-refractivity contribution in [2.45, 2.75) is 17.9 Å². The van der Waals surface area contributed by atoms with Crippen molar-refractivity contribution >= 4 is 15.7 Å². The van der Waals surface area contributed by atoms with E-state index in [4.69, 9.17) is 0 Å². The van der Waals surface area contributed by atoms with Crippen LogP contribution in [0.4, 0.5) is 5.69 Å². The fourth-order valence-corrected chi connectivity index (χ4v) is 2.58. The van der Waals surface area contributed by atoms with Crippen molar-refractivity contribution in [3.05, 3.63) is 42.2 Å². The molecule has 0 amide bonds. The molecule has 0 aliphatic heterocycles. The fraction of sp³-hybridized carbons (Fsp3) is 0.308. The highest BCUT2D eigenvalue weighted by atomic mass is 32.2. The van der Waals surface area contributed by atoms with Crippen LogP contribution < -0.4 is 10.0 Å². The van der Waals surface area contributed by atoms with E-state index >= 15 is 0 Å². The number of nitrogens with zero attached hydrogens (tertiary/aromatic N) is 2. The van der Waals surface area contributed by atoms with E-state index in [1.54, 1.807) is 35.1 Å². The number of benzene rings is 1. The smallest absolute Gasteiger partial charge is 0.240 e. The molecular formula is C13H18N4O2S. The molecule has 2 N–H and O–H groups in total. The molecule has 0 saturated carbocycles. The van der Waals surface area contributed by atoms with Crippen molar-refractivity contribution in [3.63, 3.8) is 0 Å². The van der Waals surface area contributed by atoms with Gasteiger partial charge in [0.05, 0.1) is 17.1 Å². The second-order valence-electron chi connectivity index (χ2n) is 4.55. The van der Waals surface area contributed by atoms with Crippen LogP contribution in [0.3, 0.4) is 0 Å². The molecule has 0 saturated heterocycles. The van der Waals surface area contributed by atoms with E-state index in [2.05, 4.69) is 15.1 Å². The third-order valence-corrected chi connectivity index (χ3v) is 4.47. The highest BCUT2D eigenvalue weighted by Crippen LogP contribution is 2.20. The van der Waals surface area contributed by atoms with Gasteiger partial charge in [-0.3, -0.25) is 4.68 Å². The predicted molar refractivity (Wildman–Crippen MR) is 77.9 cm³/mol. The number of hydrogen-bond acceptors (Lipinski definition) is 4. The van der Waals surface area contributed by atoms with Gasteiger partial charge in [-0.15, -0.1) is 0 Å². The van der Waals surface area contributed by atoms with Gasteiger partial charge in [-0.25, -0.2) is 13.1 Å². The highest BCUT2D eigenvalue weighted by molar-refractivity contribution is 7.89. The first kappa shape index (κ1) is 14.5. The average molecular weight is 294 g/mol. The molecule has 6 nitrogen and oxygen atoms in total. The van der Waals surface area contributed by atoms with Crippen molar-refractivity contribution in [2.24, 2.45) is 7.05 Å². The van der Waals surface area contributed by atoms with Crippen LogP contribution in [0, 0.1) is 0 Å². The van der Waals surface area contributed by atoms with Crippen LogP contribution in [-0.2, 0) is 17.1 Å². The maximum absolute atomic E-state index is 11.6. The first-order valence-electron chi connectivity index (χ1n) is 6.21. The third kappa shape index (κ3) is 3.17. The molecule has 1 atom stereocenters. The summed E-state index contributed by atoms with van der Waals surface area (Å²) in [5.74, 6) is 0. The molecular weight excluding hydrogens is 276 g/mol. The molecule has 0 aliphatic rings. The van der Waals surface area contributed by atoms with Gasteiger partial charge < -0.3 is 5.32 Å². The van der Waals surface area contributed by atoms with E-state index in [1.165, 1.54) is 7.05 Å². The van der Waals surface area contributed by atoms with Crippen molar-refractivity contribution in [1.82, 2.24) is 14.5 Å². The maximum Gasteiger partial charge on any atom is 0.240 e. The first-order chi connectivity index (χ1) is 9.42. The quantitative estimate of drug-likeness (QED) is 0.876. The molecule has 1 heterocycles. The Morgan fingerprint density at radius 2 is 1.90 bits per heavy atom. The standard InChI is InChI=1S/C13H18N4O2S/c1-10(11-8-15-17(3)9-11)16-12-4-6-13(7-5-12)20(18,19)14-2/h4-10,14,16H,1-3H3. The first-order valence-corrected chi connectivity index (χ1v) is 7.69. The number of rotatable bonds is 5. The summed E-state index contributed by atoms with van der Waals surface area (Å²) < 4.78 is 27.3. The number of sulfonamides is 1. The molecule has 1 unspecified atom stereocenters. The summed E-state index contributed by atoms with van der Waals surface area (Å²) in [6, 6.07) is 6.73. The molecule has 7 heteroatoms. The normalized spacial score (nSPS) is 13.2. The maximum atomic E-state index is 11.6. The van der Waals surface area contributed by atoms with E-state index in [1.807, 2.05) is 20.2 Å². The van der Waals surface area contributed by atoms with Crippen molar-refractivity contribution < 1.29 is 8.42 Å². The molecule has 2 aromatic rings. The van der Waals surface area contributed by atoms with Gasteiger partial charge in [0.1, 0.15) is 0 Å². The molecule has 2 rings (SSSR count). The number of nitrogens with one attached hydrogen (secondary N) is 2. The minimum absolute atomic E-state index is 0.0930. The Labute approximate surface area is 118 Å². The molecule has 0 bridgehead atoms. The predicted octanol–water partition coefficient (Wildman–Crippen LogP) is 1.50. The van der Waals surface area contributed by atoms with E-state index in [0.29, 0.717) is 0 Å². The van der Waals surface area contributed by atoms with Gasteiger partial charge in [0, 0.05) is 24.5 Å². The Morgan fingerprint density at radius 3 is 2.40 bits per heavy atom. The minimum atomic E-state index is -3.38. The van der Waals surface area contributed by atoms with Crippen LogP contribution in [0.1, 0.15) is 18.5 Å². The topological polar surface area (TPSA) is 76.0 Å². The SMILES string of the molecule is CNS(=O)(=O)c1ccc(NC(C)c2cnn(C)c2)cc1. The summed E-state index contributed by atoms with van der Waals surface area (Å²) in [5, 5.41) is 7.43. The van der Waals surface area contributed by atoms with Crippen molar-refractivity contribution in [3.8, 4) is 0 Å². The average Bonchev–Trinajstić information content (AvgIpc) is 2.86. The van der Waals surface area contributed by atoms with Crippen LogP contribution in [0.2, 0.25) is 0 Å². The van der Waals surface area contributed by atoms with Crippen LogP contribution >= 0.6 is 0 Å². The zero-order chi connectivity index (χ0) is 14.8. The van der Waals surface area contributed by atoms with Crippen LogP contribution in [0.25, 0.3) is 0 Å². The second-order valence-corrected chi connectivity index (χ2v) is 6.43. The lowest BCUT2D eigenvalue weighted by Gasteiger charge is -2.14. The lowest BCUT2D eigenvalue weighted by atomic mass is 10.2. The van der Waals surface area contributed by atoms with E-state index in [-0.39, 0.29) is 10.9 Å². The zero-order valence-corrected chi connectivity index (χ0v) is 12.5. The summed E-state index contributed by atoms with van der Waals surface area (Å²) in [6.45, 7) is 2.02. The second kappa shape index (κ2) is 5.64. The van der Waals surface area contributed by atoms with Crippen LogP contribution in [0.15, 0.2) is 41.6 Å².